The first-order valence-corrected chi connectivity index (χ1v) is 26.3. The Morgan fingerprint density at radius 2 is 0.839 bits per heavy atom. The van der Waals surface area contributed by atoms with Gasteiger partial charge in [-0.05, 0) is 136 Å². The predicted octanol–water partition coefficient (Wildman–Crippen LogP) is 15.6. The molecule has 2 unspecified atom stereocenters. The van der Waals surface area contributed by atoms with Crippen molar-refractivity contribution in [2.24, 2.45) is 0 Å². The molecule has 0 bridgehead atoms. The molecule has 0 amide bonds. The van der Waals surface area contributed by atoms with Crippen LogP contribution >= 0.6 is 0 Å². The number of carbonyl (C=O) groups excluding carboxylic acids is 2. The van der Waals surface area contributed by atoms with Gasteiger partial charge in [-0.1, -0.05) is 165 Å². The second-order valence-electron chi connectivity index (χ2n) is 18.0. The number of hydrogen-bond donors (Lipinski definition) is 1. The minimum absolute atomic E-state index is 0.0120. The van der Waals surface area contributed by atoms with E-state index in [0.717, 1.165) is 96.4 Å². The lowest BCUT2D eigenvalue weighted by Crippen LogP contribution is -2.20. The molecular formula is C55H101NO6. The molecule has 0 spiro atoms. The molecule has 0 aliphatic heterocycles. The lowest BCUT2D eigenvalue weighted by molar-refractivity contribution is -0.150. The molecule has 7 nitrogen and oxygen atoms in total. The van der Waals surface area contributed by atoms with E-state index < -0.39 is 6.29 Å². The maximum absolute atomic E-state index is 12.6. The molecule has 2 atom stereocenters. The molecule has 7 heteroatoms. The Morgan fingerprint density at radius 1 is 0.452 bits per heavy atom. The Morgan fingerprint density at radius 3 is 1.31 bits per heavy atom. The predicted molar refractivity (Wildman–Crippen MR) is 265 cm³/mol. The largest absolute Gasteiger partial charge is 0.462 e. The van der Waals surface area contributed by atoms with Crippen LogP contribution in [0.1, 0.15) is 245 Å². The van der Waals surface area contributed by atoms with Crippen molar-refractivity contribution < 1.29 is 28.9 Å². The van der Waals surface area contributed by atoms with Gasteiger partial charge in [0.2, 0.25) is 0 Å². The SMILES string of the molecule is CCC/C=C\COC(=O)CCCCCCC/C=C\CCCCCCCCC(CCCCCCCC/C=C\CCCCCCCC(O)OC/C=C\CCC)OC(=O)CCCN(C)C. The average Bonchev–Trinajstić information content (AvgIpc) is 3.25. The number of aliphatic hydroxyl groups excluding tert-OH is 1. The Balaban J connectivity index is 3.90. The molecule has 0 aromatic carbocycles. The smallest absolute Gasteiger partial charge is 0.306 e. The van der Waals surface area contributed by atoms with Crippen molar-refractivity contribution in [3.8, 4) is 0 Å². The normalized spacial score (nSPS) is 13.1. The van der Waals surface area contributed by atoms with Crippen LogP contribution in [0.4, 0.5) is 0 Å². The van der Waals surface area contributed by atoms with Crippen molar-refractivity contribution in [3.05, 3.63) is 48.6 Å². The van der Waals surface area contributed by atoms with Crippen molar-refractivity contribution in [2.75, 3.05) is 33.9 Å². The fourth-order valence-electron chi connectivity index (χ4n) is 7.54. The summed E-state index contributed by atoms with van der Waals surface area (Å²) in [6, 6.07) is 0. The van der Waals surface area contributed by atoms with Crippen LogP contribution in [0, 0.1) is 0 Å². The van der Waals surface area contributed by atoms with E-state index in [2.05, 4.69) is 69.3 Å². The number of hydrogen-bond acceptors (Lipinski definition) is 7. The number of aliphatic hydroxyl groups is 1. The second kappa shape index (κ2) is 49.8. The van der Waals surface area contributed by atoms with Crippen LogP contribution in [0.3, 0.4) is 0 Å². The first-order valence-electron chi connectivity index (χ1n) is 26.3. The van der Waals surface area contributed by atoms with Crippen molar-refractivity contribution in [1.29, 1.82) is 0 Å². The molecule has 0 saturated heterocycles. The van der Waals surface area contributed by atoms with Gasteiger partial charge in [0.25, 0.3) is 0 Å². The summed E-state index contributed by atoms with van der Waals surface area (Å²) in [5.41, 5.74) is 0. The average molecular weight is 872 g/mol. The van der Waals surface area contributed by atoms with Crippen LogP contribution in [0.25, 0.3) is 0 Å². The maximum atomic E-state index is 12.6. The summed E-state index contributed by atoms with van der Waals surface area (Å²) >= 11 is 0. The highest BCUT2D eigenvalue weighted by molar-refractivity contribution is 5.69. The van der Waals surface area contributed by atoms with Gasteiger partial charge in [0.05, 0.1) is 6.61 Å². The van der Waals surface area contributed by atoms with Crippen LogP contribution in [-0.2, 0) is 23.8 Å². The molecule has 0 fully saturated rings. The lowest BCUT2D eigenvalue weighted by atomic mass is 10.0. The summed E-state index contributed by atoms with van der Waals surface area (Å²) in [6.45, 7) is 6.15. The number of rotatable bonds is 48. The molecule has 362 valence electrons. The molecule has 0 aromatic rings. The standard InChI is InChI=1S/C55H101NO6/c1-5-7-9-41-50-60-53(57)46-39-35-31-27-23-19-15-11-13-17-21-25-29-33-37-44-52(62-55(59)48-43-49-56(3)4)45-38-34-30-26-22-18-14-12-16-20-24-28-32-36-40-47-54(58)61-51-42-10-8-6-2/h9-12,15-16,41-42,52-53,57H,5-8,13-14,17-40,43-51H2,1-4H3/b15-11-,16-12-,41-9-,42-10-. The molecular weight excluding hydrogens is 771 g/mol. The summed E-state index contributed by atoms with van der Waals surface area (Å²) in [4.78, 5) is 26.5. The fourth-order valence-corrected chi connectivity index (χ4v) is 7.54. The fraction of sp³-hybridized carbons (Fsp3) is 0.818. The molecule has 0 aliphatic rings. The van der Waals surface area contributed by atoms with Gasteiger partial charge in [0.15, 0.2) is 6.29 Å². The van der Waals surface area contributed by atoms with Crippen molar-refractivity contribution in [1.82, 2.24) is 4.90 Å². The van der Waals surface area contributed by atoms with Gasteiger partial charge in [0, 0.05) is 12.8 Å². The van der Waals surface area contributed by atoms with E-state index in [0.29, 0.717) is 26.1 Å². The maximum Gasteiger partial charge on any atom is 0.306 e. The highest BCUT2D eigenvalue weighted by Gasteiger charge is 2.14. The highest BCUT2D eigenvalue weighted by atomic mass is 16.6. The van der Waals surface area contributed by atoms with Gasteiger partial charge in [-0.15, -0.1) is 0 Å². The third-order valence-corrected chi connectivity index (χ3v) is 11.5. The third kappa shape index (κ3) is 48.8. The van der Waals surface area contributed by atoms with E-state index in [4.69, 9.17) is 14.2 Å². The van der Waals surface area contributed by atoms with E-state index in [9.17, 15) is 14.7 Å². The van der Waals surface area contributed by atoms with Gasteiger partial charge in [-0.2, -0.15) is 0 Å². The number of nitrogens with zero attached hydrogens (tertiary/aromatic N) is 1. The number of allylic oxidation sites excluding steroid dienone is 6. The zero-order valence-corrected chi connectivity index (χ0v) is 41.3. The number of unbranched alkanes of at least 4 members (excludes halogenated alkanes) is 24. The van der Waals surface area contributed by atoms with Gasteiger partial charge >= 0.3 is 11.9 Å². The molecule has 0 radical (unpaired) electrons. The number of ether oxygens (including phenoxy) is 3. The van der Waals surface area contributed by atoms with Crippen LogP contribution < -0.4 is 0 Å². The van der Waals surface area contributed by atoms with Gasteiger partial charge < -0.3 is 24.2 Å². The quantitative estimate of drug-likeness (QED) is 0.0282. The van der Waals surface area contributed by atoms with Crippen LogP contribution in [0.5, 0.6) is 0 Å². The first kappa shape index (κ1) is 59.8. The summed E-state index contributed by atoms with van der Waals surface area (Å²) < 4.78 is 16.7. The Labute approximate surface area is 384 Å². The molecule has 0 saturated carbocycles. The summed E-state index contributed by atoms with van der Waals surface area (Å²) in [6.07, 6.45) is 57.6. The highest BCUT2D eigenvalue weighted by Crippen LogP contribution is 2.19. The summed E-state index contributed by atoms with van der Waals surface area (Å²) in [5.74, 6) is -0.0793. The van der Waals surface area contributed by atoms with E-state index >= 15 is 0 Å². The second-order valence-corrected chi connectivity index (χ2v) is 18.0. The molecule has 0 heterocycles. The third-order valence-electron chi connectivity index (χ3n) is 11.5. The minimum Gasteiger partial charge on any atom is -0.462 e. The molecule has 0 aliphatic carbocycles. The zero-order chi connectivity index (χ0) is 45.2. The number of carbonyl (C=O) groups is 2. The summed E-state index contributed by atoms with van der Waals surface area (Å²) in [5, 5.41) is 9.93. The minimum atomic E-state index is -0.624. The van der Waals surface area contributed by atoms with Crippen molar-refractivity contribution in [3.63, 3.8) is 0 Å². The first-order chi connectivity index (χ1) is 30.4. The molecule has 62 heavy (non-hydrogen) atoms. The zero-order valence-electron chi connectivity index (χ0n) is 41.3. The van der Waals surface area contributed by atoms with E-state index in [1.807, 2.05) is 12.2 Å². The van der Waals surface area contributed by atoms with Crippen LogP contribution in [-0.4, -0.2) is 68.2 Å². The Hall–Kier alpha value is -2.22. The van der Waals surface area contributed by atoms with Crippen molar-refractivity contribution >= 4 is 11.9 Å². The molecule has 0 aromatic heterocycles. The Bertz CT molecular complexity index is 1070. The lowest BCUT2D eigenvalue weighted by Gasteiger charge is -2.18. The summed E-state index contributed by atoms with van der Waals surface area (Å²) in [7, 11) is 4.11. The topological polar surface area (TPSA) is 85.3 Å². The van der Waals surface area contributed by atoms with Crippen LogP contribution in [0.15, 0.2) is 48.6 Å². The number of esters is 2. The van der Waals surface area contributed by atoms with Gasteiger partial charge in [-0.3, -0.25) is 9.59 Å². The molecule has 0 rings (SSSR count). The monoisotopic (exact) mass is 872 g/mol. The van der Waals surface area contributed by atoms with Gasteiger partial charge in [-0.25, -0.2) is 0 Å². The van der Waals surface area contributed by atoms with E-state index in [1.54, 1.807) is 0 Å². The van der Waals surface area contributed by atoms with E-state index in [1.165, 1.54) is 128 Å². The van der Waals surface area contributed by atoms with Gasteiger partial charge in [0.1, 0.15) is 12.7 Å². The van der Waals surface area contributed by atoms with Crippen LogP contribution in [0.2, 0.25) is 0 Å². The Kier molecular flexibility index (Phi) is 48.0. The van der Waals surface area contributed by atoms with Crippen molar-refractivity contribution in [2.45, 2.75) is 257 Å². The van der Waals surface area contributed by atoms with E-state index in [-0.39, 0.29) is 18.0 Å². The molecule has 1 N–H and O–H groups in total.